The van der Waals surface area contributed by atoms with Crippen LogP contribution >= 0.6 is 0 Å². The molecular weight excluding hydrogens is 232 g/mol. The van der Waals surface area contributed by atoms with Gasteiger partial charge in [-0.3, -0.25) is 0 Å². The summed E-state index contributed by atoms with van der Waals surface area (Å²) in [5.74, 6) is 0. The second-order valence-electron chi connectivity index (χ2n) is 5.45. The van der Waals surface area contributed by atoms with E-state index in [1.165, 1.54) is 16.7 Å². The van der Waals surface area contributed by atoms with Crippen molar-refractivity contribution >= 4 is 6.29 Å². The first-order chi connectivity index (χ1) is 9.07. The van der Waals surface area contributed by atoms with Crippen molar-refractivity contribution in [3.63, 3.8) is 0 Å². The molecule has 0 aliphatic heterocycles. The third-order valence-corrected chi connectivity index (χ3v) is 3.84. The fourth-order valence-corrected chi connectivity index (χ4v) is 2.62. The van der Waals surface area contributed by atoms with Gasteiger partial charge in [0, 0.05) is 0 Å². The van der Waals surface area contributed by atoms with Gasteiger partial charge >= 0.3 is 0 Å². The fourth-order valence-electron chi connectivity index (χ4n) is 2.62. The molecule has 0 aliphatic rings. The highest BCUT2D eigenvalue weighted by Crippen LogP contribution is 2.29. The van der Waals surface area contributed by atoms with E-state index in [0.717, 1.165) is 18.3 Å². The number of aryl methyl sites for hydroxylation is 2. The Labute approximate surface area is 115 Å². The molecule has 1 heteroatoms. The van der Waals surface area contributed by atoms with Gasteiger partial charge in [-0.15, -0.1) is 0 Å². The Morgan fingerprint density at radius 3 is 2.11 bits per heavy atom. The second-order valence-corrected chi connectivity index (χ2v) is 5.45. The zero-order valence-corrected chi connectivity index (χ0v) is 11.8. The van der Waals surface area contributed by atoms with Crippen LogP contribution in [-0.2, 0) is 16.6 Å². The maximum atomic E-state index is 11.7. The van der Waals surface area contributed by atoms with Crippen LogP contribution in [0.1, 0.15) is 29.2 Å². The molecule has 0 heterocycles. The molecule has 2 aromatic rings. The van der Waals surface area contributed by atoms with E-state index in [1.54, 1.807) is 0 Å². The van der Waals surface area contributed by atoms with Gasteiger partial charge in [-0.25, -0.2) is 0 Å². The highest BCUT2D eigenvalue weighted by Gasteiger charge is 2.28. The highest BCUT2D eigenvalue weighted by atomic mass is 16.1. The van der Waals surface area contributed by atoms with E-state index in [-0.39, 0.29) is 0 Å². The summed E-state index contributed by atoms with van der Waals surface area (Å²) < 4.78 is 0. The molecule has 0 bridgehead atoms. The number of carbonyl (C=O) groups is 1. The minimum Gasteiger partial charge on any atom is -0.302 e. The van der Waals surface area contributed by atoms with E-state index < -0.39 is 5.41 Å². The monoisotopic (exact) mass is 252 g/mol. The molecule has 0 saturated heterocycles. The first-order valence-corrected chi connectivity index (χ1v) is 6.64. The van der Waals surface area contributed by atoms with Crippen molar-refractivity contribution in [2.75, 3.05) is 0 Å². The topological polar surface area (TPSA) is 17.1 Å². The van der Waals surface area contributed by atoms with Gasteiger partial charge in [0.15, 0.2) is 0 Å². The van der Waals surface area contributed by atoms with Gasteiger partial charge in [0.2, 0.25) is 0 Å². The Balaban J connectivity index is 2.42. The molecule has 0 aromatic heterocycles. The lowest BCUT2D eigenvalue weighted by molar-refractivity contribution is -0.112. The zero-order chi connectivity index (χ0) is 13.9. The molecule has 0 aliphatic carbocycles. The predicted molar refractivity (Wildman–Crippen MR) is 79.5 cm³/mol. The molecule has 2 rings (SSSR count). The number of aldehydes is 1. The molecule has 1 nitrogen and oxygen atoms in total. The van der Waals surface area contributed by atoms with Crippen molar-refractivity contribution < 1.29 is 4.79 Å². The smallest absolute Gasteiger partial charge is 0.130 e. The average molecular weight is 252 g/mol. The third-order valence-electron chi connectivity index (χ3n) is 3.84. The van der Waals surface area contributed by atoms with Gasteiger partial charge < -0.3 is 4.79 Å². The quantitative estimate of drug-likeness (QED) is 0.752. The summed E-state index contributed by atoms with van der Waals surface area (Å²) in [5.41, 5.74) is 4.31. The Hall–Kier alpha value is -1.89. The van der Waals surface area contributed by atoms with E-state index in [0.29, 0.717) is 0 Å². The van der Waals surface area contributed by atoms with Crippen molar-refractivity contribution in [2.24, 2.45) is 0 Å². The molecule has 0 fully saturated rings. The lowest BCUT2D eigenvalue weighted by Crippen LogP contribution is -2.28. The molecule has 2 aromatic carbocycles. The van der Waals surface area contributed by atoms with Crippen LogP contribution < -0.4 is 0 Å². The summed E-state index contributed by atoms with van der Waals surface area (Å²) in [6, 6.07) is 16.4. The third kappa shape index (κ3) is 2.76. The summed E-state index contributed by atoms with van der Waals surface area (Å²) in [6.45, 7) is 6.18. The van der Waals surface area contributed by atoms with E-state index in [9.17, 15) is 4.79 Å². The Bertz CT molecular complexity index is 586. The van der Waals surface area contributed by atoms with Crippen molar-refractivity contribution in [1.82, 2.24) is 0 Å². The molecule has 0 radical (unpaired) electrons. The minimum atomic E-state index is -0.461. The molecule has 0 N–H and O–H groups in total. The number of benzene rings is 2. The number of hydrogen-bond acceptors (Lipinski definition) is 1. The number of rotatable bonds is 4. The molecule has 1 unspecified atom stereocenters. The molecule has 1 atom stereocenters. The predicted octanol–water partition coefficient (Wildman–Crippen LogP) is 4.00. The lowest BCUT2D eigenvalue weighted by atomic mass is 9.76. The van der Waals surface area contributed by atoms with Crippen LogP contribution in [0.3, 0.4) is 0 Å². The van der Waals surface area contributed by atoms with Crippen LogP contribution in [0.5, 0.6) is 0 Å². The van der Waals surface area contributed by atoms with Gasteiger partial charge in [-0.1, -0.05) is 48.5 Å². The molecule has 0 amide bonds. The van der Waals surface area contributed by atoms with Crippen LogP contribution in [0.2, 0.25) is 0 Å². The van der Waals surface area contributed by atoms with Gasteiger partial charge in [0.1, 0.15) is 6.29 Å². The highest BCUT2D eigenvalue weighted by molar-refractivity contribution is 5.70. The minimum absolute atomic E-state index is 0.461. The molecule has 19 heavy (non-hydrogen) atoms. The van der Waals surface area contributed by atoms with Gasteiger partial charge in [-0.2, -0.15) is 0 Å². The molecule has 98 valence electrons. The van der Waals surface area contributed by atoms with Crippen LogP contribution in [-0.4, -0.2) is 6.29 Å². The zero-order valence-electron chi connectivity index (χ0n) is 11.8. The molecular formula is C18H20O. The van der Waals surface area contributed by atoms with E-state index in [1.807, 2.05) is 31.2 Å². The van der Waals surface area contributed by atoms with E-state index in [2.05, 4.69) is 38.1 Å². The summed E-state index contributed by atoms with van der Waals surface area (Å²) in [4.78, 5) is 11.7. The SMILES string of the molecule is Cc1ccccc1CC(C)(C=O)c1ccccc1C. The summed E-state index contributed by atoms with van der Waals surface area (Å²) in [5, 5.41) is 0. The summed E-state index contributed by atoms with van der Waals surface area (Å²) >= 11 is 0. The van der Waals surface area contributed by atoms with Crippen molar-refractivity contribution in [3.05, 3.63) is 70.8 Å². The molecule has 0 saturated carbocycles. The van der Waals surface area contributed by atoms with Crippen molar-refractivity contribution in [1.29, 1.82) is 0 Å². The molecule has 0 spiro atoms. The van der Waals surface area contributed by atoms with E-state index >= 15 is 0 Å². The Kier molecular flexibility index (Phi) is 3.84. The van der Waals surface area contributed by atoms with Crippen molar-refractivity contribution in [3.8, 4) is 0 Å². The van der Waals surface area contributed by atoms with Crippen LogP contribution in [0.15, 0.2) is 48.5 Å². The maximum absolute atomic E-state index is 11.7. The summed E-state index contributed by atoms with van der Waals surface area (Å²) in [6.07, 6.45) is 1.83. The second kappa shape index (κ2) is 5.40. The summed E-state index contributed by atoms with van der Waals surface area (Å²) in [7, 11) is 0. The van der Waals surface area contributed by atoms with Gasteiger partial charge in [0.25, 0.3) is 0 Å². The lowest BCUT2D eigenvalue weighted by Gasteiger charge is -2.26. The average Bonchev–Trinajstić information content (AvgIpc) is 2.42. The Morgan fingerprint density at radius 2 is 1.53 bits per heavy atom. The fraction of sp³-hybridized carbons (Fsp3) is 0.278. The van der Waals surface area contributed by atoms with Gasteiger partial charge in [-0.05, 0) is 49.4 Å². The maximum Gasteiger partial charge on any atom is 0.130 e. The standard InChI is InChI=1S/C18H20O/c1-14-8-4-6-10-16(14)12-18(3,13-19)17-11-7-5-9-15(17)2/h4-11,13H,12H2,1-3H3. The van der Waals surface area contributed by atoms with Crippen LogP contribution in [0.25, 0.3) is 0 Å². The normalized spacial score (nSPS) is 13.8. The van der Waals surface area contributed by atoms with E-state index in [4.69, 9.17) is 0 Å². The Morgan fingerprint density at radius 1 is 0.947 bits per heavy atom. The number of carbonyl (C=O) groups excluding carboxylic acids is 1. The number of hydrogen-bond donors (Lipinski definition) is 0. The van der Waals surface area contributed by atoms with Crippen molar-refractivity contribution in [2.45, 2.75) is 32.6 Å². The van der Waals surface area contributed by atoms with Crippen LogP contribution in [0.4, 0.5) is 0 Å². The largest absolute Gasteiger partial charge is 0.302 e. The van der Waals surface area contributed by atoms with Gasteiger partial charge in [0.05, 0.1) is 5.41 Å². The first-order valence-electron chi connectivity index (χ1n) is 6.64. The first kappa shape index (κ1) is 13.5. The van der Waals surface area contributed by atoms with Crippen LogP contribution in [0, 0.1) is 13.8 Å².